The highest BCUT2D eigenvalue weighted by Crippen LogP contribution is 2.32. The van der Waals surface area contributed by atoms with E-state index in [2.05, 4.69) is 15.6 Å². The van der Waals surface area contributed by atoms with Gasteiger partial charge in [-0.15, -0.1) is 11.3 Å². The quantitative estimate of drug-likeness (QED) is 0.207. The van der Waals surface area contributed by atoms with Crippen LogP contribution in [0.5, 0.6) is 0 Å². The molecule has 6 aromatic rings. The van der Waals surface area contributed by atoms with Crippen LogP contribution in [0.4, 0.5) is 21.5 Å². The molecule has 6 nitrogen and oxygen atoms in total. The van der Waals surface area contributed by atoms with Crippen molar-refractivity contribution in [1.29, 1.82) is 0 Å². The van der Waals surface area contributed by atoms with E-state index in [0.717, 1.165) is 44.0 Å². The molecule has 0 aliphatic rings. The fourth-order valence-corrected chi connectivity index (χ4v) is 4.99. The molecular weight excluding hydrogens is 509 g/mol. The van der Waals surface area contributed by atoms with Gasteiger partial charge in [-0.2, -0.15) is 5.10 Å². The molecule has 3 heterocycles. The number of hydrogen-bond acceptors (Lipinski definition) is 5. The fourth-order valence-electron chi connectivity index (χ4n) is 4.26. The zero-order valence-corrected chi connectivity index (χ0v) is 21.4. The zero-order valence-electron chi connectivity index (χ0n) is 20.6. The normalized spacial score (nSPS) is 11.2. The SMILES string of the molecule is O=C(C=Cc1cn(-c2ccccc2)nc1-c1cccs1)Nc1ccc(Nc2ccc(F)cc2)c2ccncc12. The summed E-state index contributed by atoms with van der Waals surface area (Å²) in [5.41, 5.74) is 4.79. The summed E-state index contributed by atoms with van der Waals surface area (Å²) >= 11 is 1.60. The minimum atomic E-state index is -0.296. The Kier molecular flexibility index (Phi) is 6.67. The van der Waals surface area contributed by atoms with Crippen molar-refractivity contribution in [3.05, 3.63) is 126 Å². The molecule has 6 rings (SSSR count). The monoisotopic (exact) mass is 531 g/mol. The van der Waals surface area contributed by atoms with Crippen LogP contribution in [-0.2, 0) is 4.79 Å². The van der Waals surface area contributed by atoms with Gasteiger partial charge in [0.25, 0.3) is 0 Å². The van der Waals surface area contributed by atoms with E-state index in [9.17, 15) is 9.18 Å². The number of anilines is 3. The second-order valence-corrected chi connectivity index (χ2v) is 9.67. The Balaban J connectivity index is 1.26. The lowest BCUT2D eigenvalue weighted by molar-refractivity contribution is -0.111. The van der Waals surface area contributed by atoms with E-state index in [0.29, 0.717) is 5.69 Å². The van der Waals surface area contributed by atoms with Gasteiger partial charge in [0.1, 0.15) is 11.5 Å². The lowest BCUT2D eigenvalue weighted by atomic mass is 10.1. The minimum Gasteiger partial charge on any atom is -0.355 e. The second kappa shape index (κ2) is 10.7. The van der Waals surface area contributed by atoms with Crippen LogP contribution >= 0.6 is 11.3 Å². The molecule has 2 N–H and O–H groups in total. The van der Waals surface area contributed by atoms with Gasteiger partial charge in [0.15, 0.2) is 0 Å². The summed E-state index contributed by atoms with van der Waals surface area (Å²) in [4.78, 5) is 18.3. The lowest BCUT2D eigenvalue weighted by Crippen LogP contribution is -2.08. The van der Waals surface area contributed by atoms with Gasteiger partial charge >= 0.3 is 0 Å². The first kappa shape index (κ1) is 24.3. The number of benzene rings is 3. The largest absolute Gasteiger partial charge is 0.355 e. The van der Waals surface area contributed by atoms with Crippen LogP contribution in [-0.4, -0.2) is 20.7 Å². The number of nitrogens with one attached hydrogen (secondary N) is 2. The maximum absolute atomic E-state index is 13.3. The third-order valence-electron chi connectivity index (χ3n) is 6.13. The average Bonchev–Trinajstić information content (AvgIpc) is 3.65. The van der Waals surface area contributed by atoms with Crippen LogP contribution in [0, 0.1) is 5.82 Å². The van der Waals surface area contributed by atoms with Crippen LogP contribution in [0.1, 0.15) is 5.56 Å². The maximum Gasteiger partial charge on any atom is 0.248 e. The summed E-state index contributed by atoms with van der Waals surface area (Å²) in [5, 5.41) is 14.7. The van der Waals surface area contributed by atoms with E-state index in [1.54, 1.807) is 41.9 Å². The number of carbonyl (C=O) groups excluding carboxylic acids is 1. The van der Waals surface area contributed by atoms with Crippen molar-refractivity contribution >= 4 is 51.2 Å². The molecule has 190 valence electrons. The standard InChI is InChI=1S/C31H22FN5OS/c32-22-9-11-23(12-10-22)34-27-13-14-28(26-19-33-17-16-25(26)27)35-30(38)15-8-21-20-37(24-5-2-1-3-6-24)36-31(21)29-7-4-18-39-29/h1-20,34H,(H,35,38). The number of pyridine rings is 1. The number of halogens is 1. The number of rotatable bonds is 7. The first-order chi connectivity index (χ1) is 19.1. The summed E-state index contributed by atoms with van der Waals surface area (Å²) in [6, 6.07) is 25.6. The minimum absolute atomic E-state index is 0.274. The smallest absolute Gasteiger partial charge is 0.248 e. The van der Waals surface area contributed by atoms with Gasteiger partial charge in [-0.05, 0) is 72.1 Å². The highest BCUT2D eigenvalue weighted by Gasteiger charge is 2.13. The summed E-state index contributed by atoms with van der Waals surface area (Å²) < 4.78 is 15.1. The van der Waals surface area contributed by atoms with Gasteiger partial charge in [-0.25, -0.2) is 9.07 Å². The predicted octanol–water partition coefficient (Wildman–Crippen LogP) is 7.68. The average molecular weight is 532 g/mol. The molecule has 8 heteroatoms. The Morgan fingerprint density at radius 1 is 0.897 bits per heavy atom. The Hall–Kier alpha value is -5.08. The molecule has 0 atom stereocenters. The van der Waals surface area contributed by atoms with Crippen molar-refractivity contribution in [3.8, 4) is 16.3 Å². The zero-order chi connectivity index (χ0) is 26.6. The first-order valence-corrected chi connectivity index (χ1v) is 13.1. The van der Waals surface area contributed by atoms with Gasteiger partial charge in [-0.1, -0.05) is 24.3 Å². The Labute approximate surface area is 228 Å². The summed E-state index contributed by atoms with van der Waals surface area (Å²) in [7, 11) is 0. The van der Waals surface area contributed by atoms with Crippen LogP contribution < -0.4 is 10.6 Å². The molecule has 0 saturated heterocycles. The molecule has 0 aliphatic carbocycles. The highest BCUT2D eigenvalue weighted by atomic mass is 32.1. The lowest BCUT2D eigenvalue weighted by Gasteiger charge is -2.13. The number of thiophene rings is 1. The van der Waals surface area contributed by atoms with Crippen LogP contribution in [0.15, 0.2) is 115 Å². The van der Waals surface area contributed by atoms with Gasteiger partial charge in [0, 0.05) is 52.4 Å². The fraction of sp³-hybridized carbons (Fsp3) is 0. The van der Waals surface area contributed by atoms with Gasteiger partial charge < -0.3 is 10.6 Å². The van der Waals surface area contributed by atoms with Crippen LogP contribution in [0.3, 0.4) is 0 Å². The van der Waals surface area contributed by atoms with E-state index in [4.69, 9.17) is 5.10 Å². The Morgan fingerprint density at radius 3 is 2.51 bits per heavy atom. The molecule has 39 heavy (non-hydrogen) atoms. The van der Waals surface area contributed by atoms with Crippen molar-refractivity contribution in [2.75, 3.05) is 10.6 Å². The molecule has 1 amide bonds. The number of aromatic nitrogens is 3. The molecule has 3 aromatic carbocycles. The van der Waals surface area contributed by atoms with Crippen LogP contribution in [0.25, 0.3) is 33.1 Å². The molecule has 0 spiro atoms. The number of amides is 1. The van der Waals surface area contributed by atoms with Crippen molar-refractivity contribution in [1.82, 2.24) is 14.8 Å². The summed E-state index contributed by atoms with van der Waals surface area (Å²) in [6.45, 7) is 0. The first-order valence-electron chi connectivity index (χ1n) is 12.2. The van der Waals surface area contributed by atoms with Crippen molar-refractivity contribution in [3.63, 3.8) is 0 Å². The van der Waals surface area contributed by atoms with Gasteiger partial charge in [-0.3, -0.25) is 9.78 Å². The molecule has 3 aromatic heterocycles. The molecule has 0 unspecified atom stereocenters. The third kappa shape index (κ3) is 5.32. The van der Waals surface area contributed by atoms with Crippen molar-refractivity contribution in [2.24, 2.45) is 0 Å². The third-order valence-corrected chi connectivity index (χ3v) is 7.01. The predicted molar refractivity (Wildman–Crippen MR) is 156 cm³/mol. The van der Waals surface area contributed by atoms with E-state index in [1.807, 2.05) is 76.9 Å². The van der Waals surface area contributed by atoms with E-state index < -0.39 is 0 Å². The molecular formula is C31H22FN5OS. The number of fused-ring (bicyclic) bond motifs is 1. The van der Waals surface area contributed by atoms with Gasteiger partial charge in [0.2, 0.25) is 5.91 Å². The Morgan fingerprint density at radius 2 is 1.72 bits per heavy atom. The molecule has 0 saturated carbocycles. The number of carbonyl (C=O) groups is 1. The Bertz CT molecular complexity index is 1780. The van der Waals surface area contributed by atoms with Crippen LogP contribution in [0.2, 0.25) is 0 Å². The number of para-hydroxylation sites is 1. The van der Waals surface area contributed by atoms with E-state index >= 15 is 0 Å². The topological polar surface area (TPSA) is 71.8 Å². The van der Waals surface area contributed by atoms with E-state index in [1.165, 1.54) is 18.2 Å². The number of hydrogen-bond donors (Lipinski definition) is 2. The molecule has 0 aliphatic heterocycles. The molecule has 0 bridgehead atoms. The van der Waals surface area contributed by atoms with Crippen molar-refractivity contribution < 1.29 is 9.18 Å². The summed E-state index contributed by atoms with van der Waals surface area (Å²) in [5.74, 6) is -0.570. The number of nitrogens with zero attached hydrogens (tertiary/aromatic N) is 3. The maximum atomic E-state index is 13.3. The molecule has 0 fully saturated rings. The van der Waals surface area contributed by atoms with Crippen molar-refractivity contribution in [2.45, 2.75) is 0 Å². The molecule has 0 radical (unpaired) electrons. The van der Waals surface area contributed by atoms with E-state index in [-0.39, 0.29) is 11.7 Å². The second-order valence-electron chi connectivity index (χ2n) is 8.73. The van der Waals surface area contributed by atoms with Gasteiger partial charge in [0.05, 0.1) is 16.3 Å². The summed E-state index contributed by atoms with van der Waals surface area (Å²) in [6.07, 6.45) is 8.62. The highest BCUT2D eigenvalue weighted by molar-refractivity contribution is 7.13.